The fourth-order valence-corrected chi connectivity index (χ4v) is 3.26. The van der Waals surface area contributed by atoms with Crippen molar-refractivity contribution in [2.45, 2.75) is 32.4 Å². The Morgan fingerprint density at radius 1 is 1.11 bits per heavy atom. The summed E-state index contributed by atoms with van der Waals surface area (Å²) in [5, 5.41) is 12.7. The van der Waals surface area contributed by atoms with Gasteiger partial charge in [-0.25, -0.2) is 9.59 Å². The lowest BCUT2D eigenvalue weighted by Crippen LogP contribution is -2.42. The van der Waals surface area contributed by atoms with Crippen molar-refractivity contribution in [2.24, 2.45) is 0 Å². The summed E-state index contributed by atoms with van der Waals surface area (Å²) in [6.45, 7) is 3.31. The van der Waals surface area contributed by atoms with Crippen LogP contribution in [0.3, 0.4) is 0 Å². The number of carboxylic acids is 1. The molecule has 0 aromatic heterocycles. The van der Waals surface area contributed by atoms with E-state index in [9.17, 15) is 14.7 Å². The first-order valence-electron chi connectivity index (χ1n) is 9.09. The molecule has 1 heterocycles. The van der Waals surface area contributed by atoms with Crippen molar-refractivity contribution in [3.05, 3.63) is 65.2 Å². The number of nitrogens with zero attached hydrogens (tertiary/aromatic N) is 1. The van der Waals surface area contributed by atoms with E-state index in [1.165, 1.54) is 0 Å². The molecule has 1 aliphatic rings. The van der Waals surface area contributed by atoms with E-state index in [0.717, 1.165) is 29.7 Å². The Labute approximate surface area is 158 Å². The van der Waals surface area contributed by atoms with Crippen LogP contribution in [0.2, 0.25) is 0 Å². The molecule has 1 amide bonds. The molecule has 0 bridgehead atoms. The van der Waals surface area contributed by atoms with Crippen molar-refractivity contribution in [1.29, 1.82) is 0 Å². The minimum atomic E-state index is -0.924. The zero-order valence-electron chi connectivity index (χ0n) is 15.4. The molecule has 0 spiro atoms. The number of hydrogen-bond donors (Lipinski definition) is 2. The SMILES string of the molecule is Cc1c(NC2CCN(C(=O)OCc3ccccc3)CC2)cccc1C(=O)O. The summed E-state index contributed by atoms with van der Waals surface area (Å²) in [5.41, 5.74) is 2.84. The van der Waals surface area contributed by atoms with E-state index in [4.69, 9.17) is 4.74 Å². The minimum Gasteiger partial charge on any atom is -0.478 e. The van der Waals surface area contributed by atoms with Gasteiger partial charge in [-0.2, -0.15) is 0 Å². The molecule has 6 nitrogen and oxygen atoms in total. The largest absolute Gasteiger partial charge is 0.478 e. The van der Waals surface area contributed by atoms with Crippen LogP contribution in [0.15, 0.2) is 48.5 Å². The van der Waals surface area contributed by atoms with Gasteiger partial charge in [0.05, 0.1) is 5.56 Å². The number of amides is 1. The monoisotopic (exact) mass is 368 g/mol. The summed E-state index contributed by atoms with van der Waals surface area (Å²) in [6, 6.07) is 15.1. The molecule has 0 saturated carbocycles. The molecule has 142 valence electrons. The van der Waals surface area contributed by atoms with Crippen LogP contribution >= 0.6 is 0 Å². The lowest BCUT2D eigenvalue weighted by Gasteiger charge is -2.32. The number of nitrogens with one attached hydrogen (secondary N) is 1. The van der Waals surface area contributed by atoms with Crippen molar-refractivity contribution < 1.29 is 19.4 Å². The quantitative estimate of drug-likeness (QED) is 0.837. The molecule has 2 aromatic carbocycles. The Hall–Kier alpha value is -3.02. The Balaban J connectivity index is 1.50. The van der Waals surface area contributed by atoms with E-state index in [2.05, 4.69) is 5.32 Å². The van der Waals surface area contributed by atoms with Gasteiger partial charge in [0.2, 0.25) is 0 Å². The highest BCUT2D eigenvalue weighted by Crippen LogP contribution is 2.23. The van der Waals surface area contributed by atoms with Crippen LogP contribution in [0.1, 0.15) is 34.3 Å². The normalized spacial score (nSPS) is 14.6. The molecule has 3 rings (SSSR count). The maximum absolute atomic E-state index is 12.2. The maximum Gasteiger partial charge on any atom is 0.410 e. The van der Waals surface area contributed by atoms with Gasteiger partial charge in [0, 0.05) is 24.8 Å². The summed E-state index contributed by atoms with van der Waals surface area (Å²) in [4.78, 5) is 25.2. The van der Waals surface area contributed by atoms with Gasteiger partial charge < -0.3 is 20.1 Å². The molecule has 0 radical (unpaired) electrons. The van der Waals surface area contributed by atoms with Gasteiger partial charge in [0.15, 0.2) is 0 Å². The number of anilines is 1. The van der Waals surface area contributed by atoms with Crippen LogP contribution in [-0.4, -0.2) is 41.2 Å². The third-order valence-corrected chi connectivity index (χ3v) is 4.88. The van der Waals surface area contributed by atoms with Gasteiger partial charge >= 0.3 is 12.1 Å². The number of carbonyl (C=O) groups excluding carboxylic acids is 1. The molecule has 1 fully saturated rings. The van der Waals surface area contributed by atoms with Gasteiger partial charge in [-0.1, -0.05) is 36.4 Å². The van der Waals surface area contributed by atoms with E-state index in [1.54, 1.807) is 17.0 Å². The number of ether oxygens (including phenoxy) is 1. The molecule has 0 aliphatic carbocycles. The van der Waals surface area contributed by atoms with Crippen LogP contribution in [-0.2, 0) is 11.3 Å². The lowest BCUT2D eigenvalue weighted by atomic mass is 10.0. The third-order valence-electron chi connectivity index (χ3n) is 4.88. The highest BCUT2D eigenvalue weighted by Gasteiger charge is 2.24. The van der Waals surface area contributed by atoms with Gasteiger partial charge in [-0.3, -0.25) is 0 Å². The number of carboxylic acid groups (broad SMARTS) is 1. The molecule has 0 unspecified atom stereocenters. The van der Waals surface area contributed by atoms with Crippen LogP contribution in [0.25, 0.3) is 0 Å². The second-order valence-corrected chi connectivity index (χ2v) is 6.73. The molecular formula is C21H24N2O4. The number of benzene rings is 2. The second kappa shape index (κ2) is 8.58. The molecule has 1 saturated heterocycles. The van der Waals surface area contributed by atoms with Crippen molar-refractivity contribution in [3.8, 4) is 0 Å². The van der Waals surface area contributed by atoms with Crippen LogP contribution < -0.4 is 5.32 Å². The Morgan fingerprint density at radius 2 is 1.81 bits per heavy atom. The van der Waals surface area contributed by atoms with Crippen LogP contribution in [0.5, 0.6) is 0 Å². The number of piperidine rings is 1. The summed E-state index contributed by atoms with van der Waals surface area (Å²) in [5.74, 6) is -0.924. The maximum atomic E-state index is 12.2. The Kier molecular flexibility index (Phi) is 5.96. The lowest BCUT2D eigenvalue weighted by molar-refractivity contribution is 0.0695. The summed E-state index contributed by atoms with van der Waals surface area (Å²) >= 11 is 0. The van der Waals surface area contributed by atoms with E-state index < -0.39 is 5.97 Å². The smallest absolute Gasteiger partial charge is 0.410 e. The minimum absolute atomic E-state index is 0.200. The third kappa shape index (κ3) is 4.78. The second-order valence-electron chi connectivity index (χ2n) is 6.73. The van der Waals surface area contributed by atoms with Gasteiger partial charge in [-0.05, 0) is 43.0 Å². The predicted molar refractivity (Wildman–Crippen MR) is 103 cm³/mol. The number of carbonyl (C=O) groups is 2. The van der Waals surface area contributed by atoms with E-state index in [-0.39, 0.29) is 18.7 Å². The van der Waals surface area contributed by atoms with Gasteiger partial charge in [0.1, 0.15) is 6.61 Å². The number of likely N-dealkylation sites (tertiary alicyclic amines) is 1. The topological polar surface area (TPSA) is 78.9 Å². The highest BCUT2D eigenvalue weighted by atomic mass is 16.6. The predicted octanol–water partition coefficient (Wildman–Crippen LogP) is 3.91. The fraction of sp³-hybridized carbons (Fsp3) is 0.333. The first kappa shape index (κ1) is 18.8. The molecule has 2 aromatic rings. The first-order chi connectivity index (χ1) is 13.0. The zero-order chi connectivity index (χ0) is 19.2. The van der Waals surface area contributed by atoms with Crippen molar-refractivity contribution in [1.82, 2.24) is 4.90 Å². The fourth-order valence-electron chi connectivity index (χ4n) is 3.26. The van der Waals surface area contributed by atoms with E-state index in [1.807, 2.05) is 43.3 Å². The molecule has 27 heavy (non-hydrogen) atoms. The van der Waals surface area contributed by atoms with Crippen LogP contribution in [0, 0.1) is 6.92 Å². The molecule has 2 N–H and O–H groups in total. The van der Waals surface area contributed by atoms with E-state index >= 15 is 0 Å². The standard InChI is InChI=1S/C21H24N2O4/c1-15-18(20(24)25)8-5-9-19(15)22-17-10-12-23(13-11-17)21(26)27-14-16-6-3-2-4-7-16/h2-9,17,22H,10-14H2,1H3,(H,24,25). The van der Waals surface area contributed by atoms with E-state index in [0.29, 0.717) is 18.7 Å². The average Bonchev–Trinajstić information content (AvgIpc) is 2.69. The van der Waals surface area contributed by atoms with Gasteiger partial charge in [0.25, 0.3) is 0 Å². The Bertz CT molecular complexity index is 799. The number of rotatable bonds is 5. The molecule has 6 heteroatoms. The van der Waals surface area contributed by atoms with Crippen molar-refractivity contribution >= 4 is 17.7 Å². The molecule has 0 atom stereocenters. The number of aromatic carboxylic acids is 1. The van der Waals surface area contributed by atoms with Crippen molar-refractivity contribution in [2.75, 3.05) is 18.4 Å². The molecular weight excluding hydrogens is 344 g/mol. The first-order valence-corrected chi connectivity index (χ1v) is 9.09. The average molecular weight is 368 g/mol. The van der Waals surface area contributed by atoms with Gasteiger partial charge in [-0.15, -0.1) is 0 Å². The summed E-state index contributed by atoms with van der Waals surface area (Å²) in [6.07, 6.45) is 1.29. The summed E-state index contributed by atoms with van der Waals surface area (Å²) < 4.78 is 5.38. The highest BCUT2D eigenvalue weighted by molar-refractivity contribution is 5.91. The molecule has 1 aliphatic heterocycles. The number of hydrogen-bond acceptors (Lipinski definition) is 4. The summed E-state index contributed by atoms with van der Waals surface area (Å²) in [7, 11) is 0. The van der Waals surface area contributed by atoms with Crippen molar-refractivity contribution in [3.63, 3.8) is 0 Å². The Morgan fingerprint density at radius 3 is 2.48 bits per heavy atom. The van der Waals surface area contributed by atoms with Crippen LogP contribution in [0.4, 0.5) is 10.5 Å². The zero-order valence-corrected chi connectivity index (χ0v) is 15.4.